The van der Waals surface area contributed by atoms with Gasteiger partial charge in [-0.15, -0.1) is 0 Å². The van der Waals surface area contributed by atoms with Crippen molar-refractivity contribution in [1.82, 2.24) is 0 Å². The average molecular weight is 323 g/mol. The molecule has 0 aliphatic carbocycles. The molecule has 0 heterocycles. The fourth-order valence-corrected chi connectivity index (χ4v) is 1.85. The van der Waals surface area contributed by atoms with Gasteiger partial charge in [-0.3, -0.25) is 0 Å². The van der Waals surface area contributed by atoms with Crippen molar-refractivity contribution in [2.45, 2.75) is 38.7 Å². The number of aliphatic carboxylic acids is 2. The Labute approximate surface area is 134 Å². The summed E-state index contributed by atoms with van der Waals surface area (Å²) in [6.07, 6.45) is -0.195. The lowest BCUT2D eigenvalue weighted by Gasteiger charge is -2.28. The van der Waals surface area contributed by atoms with Gasteiger partial charge in [0.15, 0.2) is 0 Å². The maximum Gasteiger partial charge on any atom is 0.0754 e. The van der Waals surface area contributed by atoms with Crippen molar-refractivity contribution in [2.24, 2.45) is 0 Å². The van der Waals surface area contributed by atoms with Crippen LogP contribution in [-0.2, 0) is 20.7 Å². The third-order valence-corrected chi connectivity index (χ3v) is 3.15. The summed E-state index contributed by atoms with van der Waals surface area (Å²) in [7, 11) is 1.24. The molecule has 0 aliphatic rings. The summed E-state index contributed by atoms with van der Waals surface area (Å²) in [5.41, 5.74) is -0.111. The smallest absolute Gasteiger partial charge is 0.0754 e. The molecule has 0 saturated heterocycles. The lowest BCUT2D eigenvalue weighted by Crippen LogP contribution is -2.41. The number of benzene rings is 1. The predicted molar refractivity (Wildman–Crippen MR) is 74.8 cm³/mol. The number of ether oxygens (including phenoxy) is 1. The number of rotatable bonds is 7. The van der Waals surface area contributed by atoms with E-state index in [9.17, 15) is 29.7 Å². The molecule has 0 unspecified atom stereocenters. The molecule has 0 spiro atoms. The lowest BCUT2D eigenvalue weighted by molar-refractivity contribution is -0.314. The number of carboxylic acids is 3. The molecule has 0 bridgehead atoms. The van der Waals surface area contributed by atoms with Gasteiger partial charge >= 0.3 is 0 Å². The fraction of sp³-hybridized carbons (Fsp3) is 0.438. The van der Waals surface area contributed by atoms with Gasteiger partial charge in [-0.2, -0.15) is 0 Å². The molecular weight excluding hydrogens is 304 g/mol. The second-order valence-electron chi connectivity index (χ2n) is 5.05. The van der Waals surface area contributed by atoms with E-state index < -0.39 is 36.4 Å². The zero-order valence-electron chi connectivity index (χ0n) is 13.3. The summed E-state index contributed by atoms with van der Waals surface area (Å²) < 4.78 is 4.72. The Hall–Kier alpha value is -2.41. The Bertz CT molecular complexity index is 535. The zero-order valence-corrected chi connectivity index (χ0v) is 13.3. The Morgan fingerprint density at radius 3 is 1.83 bits per heavy atom. The Balaban J connectivity index is 0.000000422. The van der Waals surface area contributed by atoms with Crippen molar-refractivity contribution in [3.05, 3.63) is 35.4 Å². The van der Waals surface area contributed by atoms with E-state index >= 15 is 0 Å². The molecule has 0 amide bonds. The van der Waals surface area contributed by atoms with Crippen LogP contribution in [0, 0.1) is 0 Å². The summed E-state index contributed by atoms with van der Waals surface area (Å²) in [6.45, 7) is 3.29. The van der Waals surface area contributed by atoms with Gasteiger partial charge in [0, 0.05) is 37.5 Å². The highest BCUT2D eigenvalue weighted by Gasteiger charge is 2.23. The van der Waals surface area contributed by atoms with Crippen LogP contribution in [0.2, 0.25) is 0 Å². The van der Waals surface area contributed by atoms with Crippen LogP contribution in [0.25, 0.3) is 0 Å². The third kappa shape index (κ3) is 7.96. The molecule has 23 heavy (non-hydrogen) atoms. The number of carbonyl (C=O) groups is 3. The first kappa shape index (κ1) is 20.6. The van der Waals surface area contributed by atoms with E-state index in [1.54, 1.807) is 18.2 Å². The van der Waals surface area contributed by atoms with Crippen LogP contribution in [0.1, 0.15) is 42.6 Å². The maximum atomic E-state index is 10.5. The molecule has 1 rings (SSSR count). The molecule has 0 fully saturated rings. The van der Waals surface area contributed by atoms with Crippen LogP contribution in [0.4, 0.5) is 0 Å². The van der Waals surface area contributed by atoms with Crippen LogP contribution >= 0.6 is 0 Å². The van der Waals surface area contributed by atoms with Crippen LogP contribution < -0.4 is 15.3 Å². The number of carbonyl (C=O) groups excluding carboxylic acids is 3. The molecule has 1 aromatic rings. The topological polar surface area (TPSA) is 130 Å². The minimum absolute atomic E-state index is 0.301. The van der Waals surface area contributed by atoms with E-state index in [1.807, 2.05) is 13.0 Å². The SMILES string of the molecule is CCc1ccccc1C(=O)[O-].COC(C)(CC(=O)[O-])CC(=O)[O-]. The first-order valence-electron chi connectivity index (χ1n) is 6.89. The van der Waals surface area contributed by atoms with E-state index in [0.717, 1.165) is 12.0 Å². The van der Waals surface area contributed by atoms with Crippen LogP contribution in [-0.4, -0.2) is 30.6 Å². The van der Waals surface area contributed by atoms with E-state index in [-0.39, 0.29) is 0 Å². The molecule has 7 nitrogen and oxygen atoms in total. The van der Waals surface area contributed by atoms with Crippen LogP contribution in [0.15, 0.2) is 24.3 Å². The molecule has 0 aromatic heterocycles. The predicted octanol–water partition coefficient (Wildman–Crippen LogP) is -1.72. The van der Waals surface area contributed by atoms with Gasteiger partial charge in [0.2, 0.25) is 0 Å². The van der Waals surface area contributed by atoms with Gasteiger partial charge in [-0.25, -0.2) is 0 Å². The van der Waals surface area contributed by atoms with Crippen LogP contribution in [0.5, 0.6) is 0 Å². The minimum atomic E-state index is -1.35. The highest BCUT2D eigenvalue weighted by atomic mass is 16.5. The Kier molecular flexibility index (Phi) is 8.57. The quantitative estimate of drug-likeness (QED) is 0.583. The van der Waals surface area contributed by atoms with Crippen LogP contribution in [0.3, 0.4) is 0 Å². The summed E-state index contributed by atoms with van der Waals surface area (Å²) >= 11 is 0. The summed E-state index contributed by atoms with van der Waals surface area (Å²) in [5.74, 6) is -3.79. The number of aryl methyl sites for hydroxylation is 1. The number of methoxy groups -OCH3 is 1. The first-order chi connectivity index (χ1) is 10.6. The normalized spacial score (nSPS) is 10.4. The second kappa shape index (κ2) is 9.58. The lowest BCUT2D eigenvalue weighted by atomic mass is 9.98. The van der Waals surface area contributed by atoms with Gasteiger partial charge < -0.3 is 34.4 Å². The Morgan fingerprint density at radius 2 is 1.52 bits per heavy atom. The highest BCUT2D eigenvalue weighted by Crippen LogP contribution is 2.17. The zero-order chi connectivity index (χ0) is 18.0. The average Bonchev–Trinajstić information content (AvgIpc) is 2.46. The van der Waals surface area contributed by atoms with Crippen molar-refractivity contribution in [3.8, 4) is 0 Å². The Morgan fingerprint density at radius 1 is 1.04 bits per heavy atom. The van der Waals surface area contributed by atoms with E-state index in [4.69, 9.17) is 4.74 Å². The van der Waals surface area contributed by atoms with Crippen molar-refractivity contribution in [2.75, 3.05) is 7.11 Å². The van der Waals surface area contributed by atoms with Crippen molar-refractivity contribution in [1.29, 1.82) is 0 Å². The van der Waals surface area contributed by atoms with Gasteiger partial charge in [0.1, 0.15) is 0 Å². The molecule has 0 radical (unpaired) electrons. The summed E-state index contributed by atoms with van der Waals surface area (Å²) in [4.78, 5) is 30.8. The molecule has 1 aromatic carbocycles. The van der Waals surface area contributed by atoms with Crippen molar-refractivity contribution in [3.63, 3.8) is 0 Å². The number of hydrogen-bond donors (Lipinski definition) is 0. The maximum absolute atomic E-state index is 10.5. The van der Waals surface area contributed by atoms with E-state index in [1.165, 1.54) is 14.0 Å². The third-order valence-electron chi connectivity index (χ3n) is 3.15. The van der Waals surface area contributed by atoms with E-state index in [0.29, 0.717) is 5.56 Å². The monoisotopic (exact) mass is 323 g/mol. The van der Waals surface area contributed by atoms with Gasteiger partial charge in [0.05, 0.1) is 11.6 Å². The largest absolute Gasteiger partial charge is 0.550 e. The summed E-state index contributed by atoms with van der Waals surface area (Å²) in [5, 5.41) is 30.8. The number of hydrogen-bond acceptors (Lipinski definition) is 7. The number of carboxylic acid groups (broad SMARTS) is 3. The molecule has 0 saturated carbocycles. The number of aromatic carboxylic acids is 1. The van der Waals surface area contributed by atoms with Gasteiger partial charge in [0.25, 0.3) is 0 Å². The van der Waals surface area contributed by atoms with Crippen molar-refractivity contribution < 1.29 is 34.4 Å². The molecular formula is C16H19O7-3. The van der Waals surface area contributed by atoms with Crippen molar-refractivity contribution >= 4 is 17.9 Å². The van der Waals surface area contributed by atoms with Gasteiger partial charge in [-0.05, 0) is 18.9 Å². The van der Waals surface area contributed by atoms with E-state index in [2.05, 4.69) is 0 Å². The summed E-state index contributed by atoms with van der Waals surface area (Å²) in [6, 6.07) is 6.88. The second-order valence-corrected chi connectivity index (χ2v) is 5.05. The molecule has 0 N–H and O–H groups in total. The molecule has 7 heteroatoms. The molecule has 0 atom stereocenters. The fourth-order valence-electron chi connectivity index (χ4n) is 1.85. The van der Waals surface area contributed by atoms with Gasteiger partial charge in [-0.1, -0.05) is 31.2 Å². The molecule has 0 aliphatic heterocycles. The highest BCUT2D eigenvalue weighted by molar-refractivity contribution is 5.87. The minimum Gasteiger partial charge on any atom is -0.550 e. The molecule has 128 valence electrons. The first-order valence-corrected chi connectivity index (χ1v) is 6.89. The standard InChI is InChI=1S/C9H10O2.C7H12O5/c1-2-7-5-3-4-6-8(7)9(10)11;1-7(12-2,3-5(8)9)4-6(10)11/h3-6H,2H2,1H3,(H,10,11);3-4H2,1-2H3,(H,8,9)(H,10,11)/p-3.